The van der Waals surface area contributed by atoms with Gasteiger partial charge < -0.3 is 49.6 Å². The highest BCUT2D eigenvalue weighted by Gasteiger charge is 2.18. The van der Waals surface area contributed by atoms with Crippen molar-refractivity contribution in [3.63, 3.8) is 0 Å². The van der Waals surface area contributed by atoms with E-state index in [-0.39, 0.29) is 49.1 Å². The molecule has 12 nitrogen and oxygen atoms in total. The van der Waals surface area contributed by atoms with Gasteiger partial charge in [-0.05, 0) is 81.7 Å². The van der Waals surface area contributed by atoms with Crippen molar-refractivity contribution in [2.75, 3.05) is 26.4 Å². The molecule has 53 heavy (non-hydrogen) atoms. The summed E-state index contributed by atoms with van der Waals surface area (Å²) in [7, 11) is 0. The molecule has 0 heterocycles. The number of aliphatic hydroxyl groups is 2. The summed E-state index contributed by atoms with van der Waals surface area (Å²) in [6, 6.07) is 30.1. The molecule has 2 unspecified atom stereocenters. The van der Waals surface area contributed by atoms with Crippen LogP contribution in [-0.2, 0) is 15.9 Å². The number of hydrogen-bond acceptors (Lipinski definition) is 12. The quantitative estimate of drug-likeness (QED) is 0.0604. The first kappa shape index (κ1) is 36.3. The molecule has 272 valence electrons. The van der Waals surface area contributed by atoms with Gasteiger partial charge in [-0.15, -0.1) is 0 Å². The predicted molar refractivity (Wildman–Crippen MR) is 194 cm³/mol. The number of aromatic hydroxyl groups is 4. The molecule has 2 atom stereocenters. The molecule has 6 aromatic rings. The van der Waals surface area contributed by atoms with Crippen LogP contribution in [0.1, 0.15) is 31.8 Å². The van der Waals surface area contributed by atoms with Gasteiger partial charge in [0.05, 0.1) is 11.1 Å². The average molecular weight is 721 g/mol. The number of aliphatic hydroxyl groups excluding tert-OH is 2. The van der Waals surface area contributed by atoms with Gasteiger partial charge >= 0.3 is 11.9 Å². The molecule has 6 rings (SSSR count). The van der Waals surface area contributed by atoms with Crippen LogP contribution in [0.15, 0.2) is 109 Å². The molecular weight excluding hydrogens is 684 g/mol. The lowest BCUT2D eigenvalue weighted by Gasteiger charge is -2.18. The van der Waals surface area contributed by atoms with Crippen molar-refractivity contribution in [1.29, 1.82) is 0 Å². The molecule has 0 aliphatic heterocycles. The Hall–Kier alpha value is -6.50. The number of benzene rings is 6. The third-order valence-electron chi connectivity index (χ3n) is 8.42. The molecule has 12 heteroatoms. The molecule has 0 radical (unpaired) electrons. The lowest BCUT2D eigenvalue weighted by molar-refractivity contribution is 0.0127. The van der Waals surface area contributed by atoms with E-state index in [0.29, 0.717) is 17.9 Å². The van der Waals surface area contributed by atoms with E-state index >= 15 is 0 Å². The lowest BCUT2D eigenvalue weighted by Crippen LogP contribution is -2.25. The second kappa shape index (κ2) is 16.2. The number of phenols is 4. The summed E-state index contributed by atoms with van der Waals surface area (Å²) in [5.74, 6) is -2.23. The topological polar surface area (TPSA) is 192 Å². The molecule has 0 aromatic heterocycles. The largest absolute Gasteiger partial charge is 0.504 e. The third kappa shape index (κ3) is 8.87. The van der Waals surface area contributed by atoms with Crippen molar-refractivity contribution < 1.29 is 59.2 Å². The van der Waals surface area contributed by atoms with Gasteiger partial charge in [0.2, 0.25) is 0 Å². The van der Waals surface area contributed by atoms with E-state index in [1.165, 1.54) is 18.2 Å². The molecule has 0 aliphatic rings. The van der Waals surface area contributed by atoms with Crippen LogP contribution in [0.25, 0.3) is 21.5 Å². The predicted octanol–water partition coefficient (Wildman–Crippen LogP) is 5.60. The smallest absolute Gasteiger partial charge is 0.338 e. The number of hydrogen-bond donors (Lipinski definition) is 6. The van der Waals surface area contributed by atoms with Crippen LogP contribution in [-0.4, -0.2) is 81.2 Å². The minimum absolute atomic E-state index is 0.0140. The zero-order chi connectivity index (χ0) is 37.5. The monoisotopic (exact) mass is 720 g/mol. The van der Waals surface area contributed by atoms with E-state index in [4.69, 9.17) is 18.9 Å². The van der Waals surface area contributed by atoms with Crippen molar-refractivity contribution in [2.24, 2.45) is 0 Å². The zero-order valence-electron chi connectivity index (χ0n) is 28.2. The standard InChI is InChI=1S/C41H36O12/c42-29(22-52-40(48)27-9-13-35(44)37(46)17-27)20-50-31-12-8-25-5-3-6-26(33(25)19-31)16-34-32-7-2-1-4-24(32)11-15-39(34)51-21-30(43)23-53-41(49)28-10-14-36(45)38(47)18-28/h1-15,17-19,29-30,42-47H,16,20-23H2. The normalized spacial score (nSPS) is 12.3. The van der Waals surface area contributed by atoms with Crippen LogP contribution in [0.5, 0.6) is 34.5 Å². The zero-order valence-corrected chi connectivity index (χ0v) is 28.2. The number of esters is 2. The van der Waals surface area contributed by atoms with Gasteiger partial charge in [0.1, 0.15) is 50.1 Å². The van der Waals surface area contributed by atoms with Gasteiger partial charge in [-0.25, -0.2) is 9.59 Å². The number of ether oxygens (including phenoxy) is 4. The minimum atomic E-state index is -1.17. The van der Waals surface area contributed by atoms with Gasteiger partial charge in [-0.1, -0.05) is 54.6 Å². The van der Waals surface area contributed by atoms with Crippen molar-refractivity contribution in [3.8, 4) is 34.5 Å². The van der Waals surface area contributed by atoms with E-state index in [1.807, 2.05) is 66.7 Å². The van der Waals surface area contributed by atoms with Gasteiger partial charge in [0, 0.05) is 12.0 Å². The fraction of sp³-hybridized carbons (Fsp3) is 0.171. The van der Waals surface area contributed by atoms with Crippen LogP contribution in [0.3, 0.4) is 0 Å². The Kier molecular flexibility index (Phi) is 11.1. The van der Waals surface area contributed by atoms with E-state index in [0.717, 1.165) is 50.9 Å². The van der Waals surface area contributed by atoms with Crippen molar-refractivity contribution >= 4 is 33.5 Å². The first-order valence-electron chi connectivity index (χ1n) is 16.6. The van der Waals surface area contributed by atoms with Gasteiger partial charge in [-0.3, -0.25) is 0 Å². The van der Waals surface area contributed by atoms with Crippen LogP contribution in [0, 0.1) is 0 Å². The SMILES string of the molecule is O=C(OCC(O)COc1ccc2cccc(Cc3c(OCC(O)COC(=O)c4ccc(O)c(O)c4)ccc4ccccc34)c2c1)c1ccc(O)c(O)c1. The molecule has 0 bridgehead atoms. The number of rotatable bonds is 14. The molecule has 6 N–H and O–H groups in total. The summed E-state index contributed by atoms with van der Waals surface area (Å²) in [4.78, 5) is 24.7. The highest BCUT2D eigenvalue weighted by molar-refractivity contribution is 5.92. The summed E-state index contributed by atoms with van der Waals surface area (Å²) in [6.07, 6.45) is -1.87. The van der Waals surface area contributed by atoms with Gasteiger partial charge in [-0.2, -0.15) is 0 Å². The maximum atomic E-state index is 12.4. The molecule has 0 spiro atoms. The fourth-order valence-electron chi connectivity index (χ4n) is 5.67. The molecule has 0 saturated heterocycles. The average Bonchev–Trinajstić information content (AvgIpc) is 3.17. The van der Waals surface area contributed by atoms with Crippen LogP contribution < -0.4 is 9.47 Å². The summed E-state index contributed by atoms with van der Waals surface area (Å²) >= 11 is 0. The maximum absolute atomic E-state index is 12.4. The number of phenolic OH excluding ortho intramolecular Hbond substituents is 4. The van der Waals surface area contributed by atoms with Crippen LogP contribution >= 0.6 is 0 Å². The van der Waals surface area contributed by atoms with Crippen molar-refractivity contribution in [2.45, 2.75) is 18.6 Å². The van der Waals surface area contributed by atoms with Gasteiger partial charge in [0.25, 0.3) is 0 Å². The van der Waals surface area contributed by atoms with Crippen molar-refractivity contribution in [1.82, 2.24) is 0 Å². The third-order valence-corrected chi connectivity index (χ3v) is 8.42. The second-order valence-corrected chi connectivity index (χ2v) is 12.3. The number of fused-ring (bicyclic) bond motifs is 2. The number of carbonyl (C=O) groups excluding carboxylic acids is 2. The molecule has 0 amide bonds. The Labute approximate surface area is 303 Å². The Balaban J connectivity index is 1.13. The minimum Gasteiger partial charge on any atom is -0.504 e. The van der Waals surface area contributed by atoms with Crippen LogP contribution in [0.4, 0.5) is 0 Å². The first-order valence-corrected chi connectivity index (χ1v) is 16.6. The van der Waals surface area contributed by atoms with E-state index in [9.17, 15) is 40.2 Å². The summed E-state index contributed by atoms with van der Waals surface area (Å²) in [5, 5.41) is 63.1. The highest BCUT2D eigenvalue weighted by Crippen LogP contribution is 2.34. The second-order valence-electron chi connectivity index (χ2n) is 12.3. The molecule has 6 aromatic carbocycles. The highest BCUT2D eigenvalue weighted by atomic mass is 16.6. The first-order chi connectivity index (χ1) is 25.5. The summed E-state index contributed by atoms with van der Waals surface area (Å²) in [5.41, 5.74) is 1.85. The summed E-state index contributed by atoms with van der Waals surface area (Å²) in [6.45, 7) is -1.07. The number of carbonyl (C=O) groups is 2. The van der Waals surface area contributed by atoms with E-state index < -0.39 is 35.6 Å². The molecule has 0 aliphatic carbocycles. The summed E-state index contributed by atoms with van der Waals surface area (Å²) < 4.78 is 22.3. The van der Waals surface area contributed by atoms with Crippen LogP contribution in [0.2, 0.25) is 0 Å². The van der Waals surface area contributed by atoms with Crippen molar-refractivity contribution in [3.05, 3.63) is 131 Å². The Morgan fingerprint density at radius 2 is 1.09 bits per heavy atom. The Bertz CT molecular complexity index is 2270. The molecular formula is C41H36O12. The van der Waals surface area contributed by atoms with E-state index in [1.54, 1.807) is 6.07 Å². The Morgan fingerprint density at radius 1 is 0.528 bits per heavy atom. The maximum Gasteiger partial charge on any atom is 0.338 e. The Morgan fingerprint density at radius 3 is 1.74 bits per heavy atom. The fourth-order valence-corrected chi connectivity index (χ4v) is 5.67. The molecule has 0 fully saturated rings. The molecule has 0 saturated carbocycles. The van der Waals surface area contributed by atoms with E-state index in [2.05, 4.69) is 0 Å². The lowest BCUT2D eigenvalue weighted by atomic mass is 9.94. The van der Waals surface area contributed by atoms with Gasteiger partial charge in [0.15, 0.2) is 23.0 Å².